The average molecular weight is 253 g/mol. The number of amides is 1. The van der Waals surface area contributed by atoms with Crippen LogP contribution in [0.15, 0.2) is 48.5 Å². The Morgan fingerprint density at radius 2 is 1.79 bits per heavy atom. The van der Waals surface area contributed by atoms with E-state index >= 15 is 0 Å². The number of nitrogens with one attached hydrogen (secondary N) is 1. The highest BCUT2D eigenvalue weighted by Gasteiger charge is 2.13. The molecule has 19 heavy (non-hydrogen) atoms. The highest BCUT2D eigenvalue weighted by molar-refractivity contribution is 5.92. The quantitative estimate of drug-likeness (QED) is 0.885. The molecule has 1 N–H and O–H groups in total. The number of anilines is 1. The van der Waals surface area contributed by atoms with E-state index in [4.69, 9.17) is 4.74 Å². The van der Waals surface area contributed by atoms with Crippen molar-refractivity contribution in [2.45, 2.75) is 19.3 Å². The summed E-state index contributed by atoms with van der Waals surface area (Å²) in [6.45, 7) is 0. The molecule has 0 aliphatic carbocycles. The Morgan fingerprint density at radius 3 is 2.63 bits per heavy atom. The third-order valence-corrected chi connectivity index (χ3v) is 3.18. The molecule has 1 aliphatic rings. The SMILES string of the molecule is O=C1CCCc2ccc(Oc3ccccc3)cc2N1. The minimum absolute atomic E-state index is 0.0793. The lowest BCUT2D eigenvalue weighted by molar-refractivity contribution is -0.116. The molecule has 0 fully saturated rings. The average Bonchev–Trinajstić information content (AvgIpc) is 2.60. The molecule has 2 aromatic rings. The van der Waals surface area contributed by atoms with Gasteiger partial charge in [-0.3, -0.25) is 4.79 Å². The lowest BCUT2D eigenvalue weighted by atomic mass is 10.1. The van der Waals surface area contributed by atoms with Crippen LogP contribution in [0.4, 0.5) is 5.69 Å². The van der Waals surface area contributed by atoms with Crippen molar-refractivity contribution in [3.05, 3.63) is 54.1 Å². The summed E-state index contributed by atoms with van der Waals surface area (Å²) in [4.78, 5) is 11.6. The molecule has 0 unspecified atom stereocenters. The zero-order chi connectivity index (χ0) is 13.1. The lowest BCUT2D eigenvalue weighted by Crippen LogP contribution is -2.09. The number of fused-ring (bicyclic) bond motifs is 1. The smallest absolute Gasteiger partial charge is 0.224 e. The van der Waals surface area contributed by atoms with Crippen LogP contribution in [0.5, 0.6) is 11.5 Å². The second kappa shape index (κ2) is 5.14. The van der Waals surface area contributed by atoms with Crippen molar-refractivity contribution >= 4 is 11.6 Å². The summed E-state index contributed by atoms with van der Waals surface area (Å²) in [5.41, 5.74) is 2.04. The van der Waals surface area contributed by atoms with Gasteiger partial charge in [-0.2, -0.15) is 0 Å². The van der Waals surface area contributed by atoms with Gasteiger partial charge in [-0.25, -0.2) is 0 Å². The van der Waals surface area contributed by atoms with E-state index in [2.05, 4.69) is 5.32 Å². The van der Waals surface area contributed by atoms with Crippen LogP contribution in [0.2, 0.25) is 0 Å². The van der Waals surface area contributed by atoms with Gasteiger partial charge in [0.2, 0.25) is 5.91 Å². The zero-order valence-electron chi connectivity index (χ0n) is 10.6. The molecule has 96 valence electrons. The zero-order valence-corrected chi connectivity index (χ0v) is 10.6. The van der Waals surface area contributed by atoms with Gasteiger partial charge in [0.1, 0.15) is 11.5 Å². The summed E-state index contributed by atoms with van der Waals surface area (Å²) >= 11 is 0. The number of hydrogen-bond donors (Lipinski definition) is 1. The largest absolute Gasteiger partial charge is 0.457 e. The van der Waals surface area contributed by atoms with Crippen LogP contribution >= 0.6 is 0 Å². The fourth-order valence-electron chi connectivity index (χ4n) is 2.23. The van der Waals surface area contributed by atoms with Crippen LogP contribution in [0.3, 0.4) is 0 Å². The molecule has 0 aromatic heterocycles. The molecule has 1 amide bonds. The maximum atomic E-state index is 11.6. The molecule has 2 aromatic carbocycles. The first kappa shape index (κ1) is 11.8. The third-order valence-electron chi connectivity index (χ3n) is 3.18. The van der Waals surface area contributed by atoms with Crippen LogP contribution in [0.25, 0.3) is 0 Å². The van der Waals surface area contributed by atoms with E-state index in [9.17, 15) is 4.79 Å². The number of hydrogen-bond acceptors (Lipinski definition) is 2. The van der Waals surface area contributed by atoms with Crippen molar-refractivity contribution < 1.29 is 9.53 Å². The van der Waals surface area contributed by atoms with E-state index < -0.39 is 0 Å². The van der Waals surface area contributed by atoms with Crippen LogP contribution in [-0.2, 0) is 11.2 Å². The third kappa shape index (κ3) is 2.76. The van der Waals surface area contributed by atoms with Gasteiger partial charge in [0.25, 0.3) is 0 Å². The Morgan fingerprint density at radius 1 is 0.947 bits per heavy atom. The maximum absolute atomic E-state index is 11.6. The fourth-order valence-corrected chi connectivity index (χ4v) is 2.23. The van der Waals surface area contributed by atoms with Crippen LogP contribution in [0.1, 0.15) is 18.4 Å². The summed E-state index contributed by atoms with van der Waals surface area (Å²) in [5, 5.41) is 2.93. The Bertz CT molecular complexity index is 593. The number of benzene rings is 2. The topological polar surface area (TPSA) is 38.3 Å². The van der Waals surface area contributed by atoms with Gasteiger partial charge >= 0.3 is 0 Å². The van der Waals surface area contributed by atoms with Crippen molar-refractivity contribution in [1.82, 2.24) is 0 Å². The molecule has 3 heteroatoms. The molecular weight excluding hydrogens is 238 g/mol. The number of carbonyl (C=O) groups excluding carboxylic acids is 1. The van der Waals surface area contributed by atoms with Gasteiger partial charge in [-0.15, -0.1) is 0 Å². The number of para-hydroxylation sites is 1. The highest BCUT2D eigenvalue weighted by atomic mass is 16.5. The number of carbonyl (C=O) groups is 1. The van der Waals surface area contributed by atoms with Gasteiger partial charge in [0.05, 0.1) is 0 Å². The standard InChI is InChI=1S/C16H15NO2/c18-16-8-4-5-12-9-10-14(11-15(12)17-16)19-13-6-2-1-3-7-13/h1-3,6-7,9-11H,4-5,8H2,(H,17,18). The number of ether oxygens (including phenoxy) is 1. The molecular formula is C16H15NO2. The molecule has 1 heterocycles. The number of rotatable bonds is 2. The van der Waals surface area contributed by atoms with Crippen LogP contribution < -0.4 is 10.1 Å². The first-order chi connectivity index (χ1) is 9.31. The van der Waals surface area contributed by atoms with Crippen molar-refractivity contribution in [2.75, 3.05) is 5.32 Å². The summed E-state index contributed by atoms with van der Waals surface area (Å²) in [5.74, 6) is 1.62. The number of aryl methyl sites for hydroxylation is 1. The van der Waals surface area contributed by atoms with Crippen molar-refractivity contribution in [1.29, 1.82) is 0 Å². The monoisotopic (exact) mass is 253 g/mol. The minimum atomic E-state index is 0.0793. The van der Waals surface area contributed by atoms with E-state index in [1.54, 1.807) is 0 Å². The second-order valence-electron chi connectivity index (χ2n) is 4.64. The van der Waals surface area contributed by atoms with E-state index in [0.717, 1.165) is 30.0 Å². The van der Waals surface area contributed by atoms with Gasteiger partial charge in [-0.1, -0.05) is 24.3 Å². The second-order valence-corrected chi connectivity index (χ2v) is 4.64. The molecule has 3 nitrogen and oxygen atoms in total. The predicted molar refractivity (Wildman–Crippen MR) is 74.5 cm³/mol. The lowest BCUT2D eigenvalue weighted by Gasteiger charge is -2.10. The molecule has 0 bridgehead atoms. The van der Waals surface area contributed by atoms with Crippen molar-refractivity contribution in [3.8, 4) is 11.5 Å². The van der Waals surface area contributed by atoms with Gasteiger partial charge in [0.15, 0.2) is 0 Å². The molecule has 0 spiro atoms. The summed E-state index contributed by atoms with van der Waals surface area (Å²) in [6.07, 6.45) is 2.42. The van der Waals surface area contributed by atoms with Gasteiger partial charge in [-0.05, 0) is 36.6 Å². The highest BCUT2D eigenvalue weighted by Crippen LogP contribution is 2.29. The van der Waals surface area contributed by atoms with E-state index in [-0.39, 0.29) is 5.91 Å². The predicted octanol–water partition coefficient (Wildman–Crippen LogP) is 3.75. The molecule has 3 rings (SSSR count). The van der Waals surface area contributed by atoms with Crippen molar-refractivity contribution in [2.24, 2.45) is 0 Å². The molecule has 0 saturated heterocycles. The molecule has 0 atom stereocenters. The summed E-state index contributed by atoms with van der Waals surface area (Å²) < 4.78 is 5.77. The normalized spacial score (nSPS) is 14.2. The van der Waals surface area contributed by atoms with Crippen molar-refractivity contribution in [3.63, 3.8) is 0 Å². The van der Waals surface area contributed by atoms with E-state index in [1.807, 2.05) is 48.5 Å². The first-order valence-corrected chi connectivity index (χ1v) is 6.47. The Labute approximate surface area is 112 Å². The van der Waals surface area contributed by atoms with Crippen LogP contribution in [0, 0.1) is 0 Å². The summed E-state index contributed by atoms with van der Waals surface area (Å²) in [7, 11) is 0. The van der Waals surface area contributed by atoms with Gasteiger partial charge < -0.3 is 10.1 Å². The molecule has 0 saturated carbocycles. The Kier molecular flexibility index (Phi) is 3.19. The summed E-state index contributed by atoms with van der Waals surface area (Å²) in [6, 6.07) is 15.5. The van der Waals surface area contributed by atoms with E-state index in [0.29, 0.717) is 6.42 Å². The first-order valence-electron chi connectivity index (χ1n) is 6.47. The molecule has 0 radical (unpaired) electrons. The minimum Gasteiger partial charge on any atom is -0.457 e. The fraction of sp³-hybridized carbons (Fsp3) is 0.188. The van der Waals surface area contributed by atoms with Crippen LogP contribution in [-0.4, -0.2) is 5.91 Å². The maximum Gasteiger partial charge on any atom is 0.224 e. The van der Waals surface area contributed by atoms with Gasteiger partial charge in [0, 0.05) is 18.2 Å². The van der Waals surface area contributed by atoms with E-state index in [1.165, 1.54) is 5.56 Å². The Hall–Kier alpha value is -2.29. The molecule has 1 aliphatic heterocycles. The Balaban J connectivity index is 1.86.